The Morgan fingerprint density at radius 1 is 0.545 bits per heavy atom. The lowest BCUT2D eigenvalue weighted by Crippen LogP contribution is -2.17. The zero-order valence-electron chi connectivity index (χ0n) is 24.9. The highest BCUT2D eigenvalue weighted by molar-refractivity contribution is 8.24. The van der Waals surface area contributed by atoms with Crippen molar-refractivity contribution in [1.29, 1.82) is 0 Å². The average molecular weight is 659 g/mol. The largest absolute Gasteiger partial charge is 0.341 e. The Morgan fingerprint density at radius 2 is 0.909 bits per heavy atom. The quantitative estimate of drug-likeness (QED) is 0.133. The molecule has 10 heteroatoms. The molecule has 0 atom stereocenters. The summed E-state index contributed by atoms with van der Waals surface area (Å²) in [6.07, 6.45) is 0. The standard InChI is InChI=1S/C34H34N4O2S4/c1-21-5-11-27(12-6-21)35-33(41)43-19-31(39)37-29-15-9-25(17-23(29)3)26-10-16-30(24(4)18-26)38-32(40)20-44-34(42)36-28-13-7-22(2)8-14-28/h5-18H,19-20H2,1-4H3,(H,35,41)(H,36,42)(H,37,39)(H,38,40). The molecule has 44 heavy (non-hydrogen) atoms. The average Bonchev–Trinajstić information content (AvgIpc) is 2.99. The van der Waals surface area contributed by atoms with Gasteiger partial charge in [-0.2, -0.15) is 0 Å². The zero-order valence-corrected chi connectivity index (χ0v) is 28.2. The molecule has 2 amide bonds. The molecule has 0 aromatic heterocycles. The summed E-state index contributed by atoms with van der Waals surface area (Å²) in [5, 5.41) is 12.3. The summed E-state index contributed by atoms with van der Waals surface area (Å²) in [6, 6.07) is 27.7. The van der Waals surface area contributed by atoms with E-state index in [1.54, 1.807) is 0 Å². The maximum atomic E-state index is 12.6. The summed E-state index contributed by atoms with van der Waals surface area (Å²) in [5.41, 5.74) is 9.58. The molecule has 0 aliphatic heterocycles. The number of hydrogen-bond acceptors (Lipinski definition) is 6. The van der Waals surface area contributed by atoms with Crippen molar-refractivity contribution in [3.05, 3.63) is 107 Å². The van der Waals surface area contributed by atoms with Crippen LogP contribution in [0.4, 0.5) is 22.7 Å². The van der Waals surface area contributed by atoms with Gasteiger partial charge in [0.15, 0.2) is 0 Å². The van der Waals surface area contributed by atoms with E-state index in [2.05, 4.69) is 21.3 Å². The Balaban J connectivity index is 1.26. The number of thioether (sulfide) groups is 2. The van der Waals surface area contributed by atoms with Gasteiger partial charge < -0.3 is 21.3 Å². The number of nitrogens with one attached hydrogen (secondary N) is 4. The van der Waals surface area contributed by atoms with Crippen LogP contribution in [0, 0.1) is 27.7 Å². The Labute approximate surface area is 278 Å². The Hall–Kier alpha value is -3.70. The molecule has 6 nitrogen and oxygen atoms in total. The number of amides is 2. The number of carbonyl (C=O) groups is 2. The minimum atomic E-state index is -0.125. The van der Waals surface area contributed by atoms with Crippen LogP contribution in [-0.2, 0) is 9.59 Å². The van der Waals surface area contributed by atoms with Crippen molar-refractivity contribution >= 4 is 91.2 Å². The molecule has 0 radical (unpaired) electrons. The number of carbonyl (C=O) groups excluding carboxylic acids is 2. The van der Waals surface area contributed by atoms with E-state index in [1.807, 2.05) is 113 Å². The number of thiocarbonyl (C=S) groups is 2. The number of hydrogen-bond donors (Lipinski definition) is 4. The lowest BCUT2D eigenvalue weighted by atomic mass is 10.00. The number of aryl methyl sites for hydroxylation is 4. The van der Waals surface area contributed by atoms with E-state index in [1.165, 1.54) is 34.7 Å². The van der Waals surface area contributed by atoms with Crippen molar-refractivity contribution in [2.75, 3.05) is 32.8 Å². The van der Waals surface area contributed by atoms with Crippen molar-refractivity contribution < 1.29 is 9.59 Å². The molecule has 0 aliphatic rings. The first-order valence-electron chi connectivity index (χ1n) is 13.9. The monoisotopic (exact) mass is 658 g/mol. The predicted molar refractivity (Wildman–Crippen MR) is 198 cm³/mol. The van der Waals surface area contributed by atoms with E-state index in [-0.39, 0.29) is 23.3 Å². The van der Waals surface area contributed by atoms with E-state index in [0.29, 0.717) is 8.64 Å². The van der Waals surface area contributed by atoms with Crippen LogP contribution in [0.3, 0.4) is 0 Å². The van der Waals surface area contributed by atoms with Crippen molar-refractivity contribution in [1.82, 2.24) is 0 Å². The third kappa shape index (κ3) is 10.2. The van der Waals surface area contributed by atoms with E-state index >= 15 is 0 Å². The Kier molecular flexibility index (Phi) is 12.0. The summed E-state index contributed by atoms with van der Waals surface area (Å²) in [7, 11) is 0. The Bertz CT molecular complexity index is 1550. The highest BCUT2D eigenvalue weighted by Gasteiger charge is 2.11. The van der Waals surface area contributed by atoms with Crippen LogP contribution < -0.4 is 21.3 Å². The van der Waals surface area contributed by atoms with E-state index in [4.69, 9.17) is 24.4 Å². The normalized spacial score (nSPS) is 10.5. The van der Waals surface area contributed by atoms with Crippen LogP contribution in [-0.4, -0.2) is 32.0 Å². The zero-order chi connectivity index (χ0) is 31.6. The van der Waals surface area contributed by atoms with Crippen LogP contribution in [0.15, 0.2) is 84.9 Å². The Morgan fingerprint density at radius 3 is 1.25 bits per heavy atom. The maximum absolute atomic E-state index is 12.6. The second-order valence-electron chi connectivity index (χ2n) is 10.3. The van der Waals surface area contributed by atoms with Gasteiger partial charge in [0.1, 0.15) is 8.64 Å². The topological polar surface area (TPSA) is 82.3 Å². The van der Waals surface area contributed by atoms with Gasteiger partial charge in [-0.3, -0.25) is 9.59 Å². The van der Waals surface area contributed by atoms with Crippen LogP contribution in [0.5, 0.6) is 0 Å². The van der Waals surface area contributed by atoms with Crippen LogP contribution in [0.2, 0.25) is 0 Å². The molecular weight excluding hydrogens is 625 g/mol. The number of anilines is 4. The van der Waals surface area contributed by atoms with Gasteiger partial charge >= 0.3 is 0 Å². The molecule has 0 spiro atoms. The van der Waals surface area contributed by atoms with E-state index < -0.39 is 0 Å². The van der Waals surface area contributed by atoms with Crippen molar-refractivity contribution in [3.8, 4) is 11.1 Å². The third-order valence-corrected chi connectivity index (χ3v) is 9.05. The molecule has 4 rings (SSSR count). The molecule has 0 saturated carbocycles. The lowest BCUT2D eigenvalue weighted by Gasteiger charge is -2.13. The van der Waals surface area contributed by atoms with Crippen molar-refractivity contribution in [2.45, 2.75) is 27.7 Å². The third-order valence-electron chi connectivity index (χ3n) is 6.60. The van der Waals surface area contributed by atoms with Gasteiger partial charge in [-0.15, -0.1) is 0 Å². The predicted octanol–water partition coefficient (Wildman–Crippen LogP) is 8.72. The summed E-state index contributed by atoms with van der Waals surface area (Å²) < 4.78 is 1.09. The summed E-state index contributed by atoms with van der Waals surface area (Å²) >= 11 is 13.3. The summed E-state index contributed by atoms with van der Waals surface area (Å²) in [4.78, 5) is 25.2. The van der Waals surface area contributed by atoms with Gasteiger partial charge in [0.05, 0.1) is 11.5 Å². The molecule has 0 aliphatic carbocycles. The first-order chi connectivity index (χ1) is 21.0. The highest BCUT2D eigenvalue weighted by atomic mass is 32.2. The van der Waals surface area contributed by atoms with Crippen LogP contribution >= 0.6 is 48.0 Å². The molecule has 0 unspecified atom stereocenters. The smallest absolute Gasteiger partial charge is 0.234 e. The molecule has 0 fully saturated rings. The molecule has 0 bridgehead atoms. The molecule has 0 saturated heterocycles. The summed E-state index contributed by atoms with van der Waals surface area (Å²) in [5.74, 6) is 0.164. The minimum Gasteiger partial charge on any atom is -0.341 e. The first kappa shape index (κ1) is 33.2. The van der Waals surface area contributed by atoms with Gasteiger partial charge in [-0.1, -0.05) is 95.5 Å². The van der Waals surface area contributed by atoms with Gasteiger partial charge in [-0.25, -0.2) is 0 Å². The summed E-state index contributed by atoms with van der Waals surface area (Å²) in [6.45, 7) is 7.99. The molecule has 4 aromatic carbocycles. The van der Waals surface area contributed by atoms with E-state index in [9.17, 15) is 9.59 Å². The lowest BCUT2D eigenvalue weighted by molar-refractivity contribution is -0.114. The first-order valence-corrected chi connectivity index (χ1v) is 16.7. The number of benzene rings is 4. The number of rotatable bonds is 9. The second-order valence-corrected chi connectivity index (χ2v) is 13.6. The molecule has 0 heterocycles. The maximum Gasteiger partial charge on any atom is 0.234 e. The highest BCUT2D eigenvalue weighted by Crippen LogP contribution is 2.28. The van der Waals surface area contributed by atoms with E-state index in [0.717, 1.165) is 45.0 Å². The second kappa shape index (κ2) is 15.9. The van der Waals surface area contributed by atoms with Gasteiger partial charge in [0.25, 0.3) is 0 Å². The van der Waals surface area contributed by atoms with Crippen LogP contribution in [0.1, 0.15) is 22.3 Å². The van der Waals surface area contributed by atoms with Gasteiger partial charge in [0.2, 0.25) is 11.8 Å². The minimum absolute atomic E-state index is 0.125. The van der Waals surface area contributed by atoms with Gasteiger partial charge in [-0.05, 0) is 98.5 Å². The molecular formula is C34H34N4O2S4. The van der Waals surface area contributed by atoms with Crippen LogP contribution in [0.25, 0.3) is 11.1 Å². The van der Waals surface area contributed by atoms with Crippen molar-refractivity contribution in [2.24, 2.45) is 0 Å². The fraction of sp³-hybridized carbons (Fsp3) is 0.176. The van der Waals surface area contributed by atoms with Gasteiger partial charge in [0, 0.05) is 22.7 Å². The molecule has 4 N–H and O–H groups in total. The molecule has 226 valence electrons. The molecule has 4 aromatic rings. The SMILES string of the molecule is Cc1ccc(NC(=S)SCC(=O)Nc2ccc(-c3ccc(NC(=O)CSC(=S)Nc4ccc(C)cc4)c(C)c3)cc2C)cc1. The van der Waals surface area contributed by atoms with Crippen molar-refractivity contribution in [3.63, 3.8) is 0 Å². The fourth-order valence-corrected chi connectivity index (χ4v) is 5.82. The fourth-order valence-electron chi connectivity index (χ4n) is 4.18.